The lowest BCUT2D eigenvalue weighted by Gasteiger charge is -2.12. The third kappa shape index (κ3) is 3.81. The average molecular weight is 425 g/mol. The molecule has 2 aromatic heterocycles. The van der Waals surface area contributed by atoms with Crippen LogP contribution in [0.2, 0.25) is 5.02 Å². The zero-order valence-corrected chi connectivity index (χ0v) is 16.9. The first kappa shape index (κ1) is 19.4. The number of carbonyl (C=O) groups excluding carboxylic acids is 1. The SMILES string of the molecule is O=C(Cn1c(=O)n(CCc2ccccc2)c(=O)c2sccc21)c1ccccc1Cl. The maximum atomic E-state index is 13.1. The summed E-state index contributed by atoms with van der Waals surface area (Å²) in [5.41, 5.74) is 1.05. The van der Waals surface area contributed by atoms with Crippen molar-refractivity contribution in [2.24, 2.45) is 0 Å². The molecule has 0 bridgehead atoms. The van der Waals surface area contributed by atoms with Gasteiger partial charge in [-0.1, -0.05) is 54.1 Å². The van der Waals surface area contributed by atoms with Gasteiger partial charge < -0.3 is 0 Å². The van der Waals surface area contributed by atoms with Crippen molar-refractivity contribution in [3.05, 3.63) is 103 Å². The third-order valence-corrected chi connectivity index (χ3v) is 6.00. The Morgan fingerprint density at radius 1 is 0.931 bits per heavy atom. The summed E-state index contributed by atoms with van der Waals surface area (Å²) in [5.74, 6) is -0.279. The van der Waals surface area contributed by atoms with E-state index in [0.29, 0.717) is 27.2 Å². The molecule has 7 heteroatoms. The van der Waals surface area contributed by atoms with E-state index in [-0.39, 0.29) is 24.4 Å². The molecule has 0 spiro atoms. The van der Waals surface area contributed by atoms with Gasteiger partial charge in [-0.05, 0) is 35.6 Å². The molecular weight excluding hydrogens is 408 g/mol. The highest BCUT2D eigenvalue weighted by atomic mass is 35.5. The van der Waals surface area contributed by atoms with Crippen LogP contribution in [0, 0.1) is 0 Å². The Hall–Kier alpha value is -2.96. The Morgan fingerprint density at radius 2 is 1.66 bits per heavy atom. The van der Waals surface area contributed by atoms with Gasteiger partial charge in [-0.25, -0.2) is 4.79 Å². The predicted octanol–water partition coefficient (Wildman–Crippen LogP) is 4.00. The number of aromatic nitrogens is 2. The van der Waals surface area contributed by atoms with Crippen LogP contribution in [-0.2, 0) is 19.5 Å². The van der Waals surface area contributed by atoms with E-state index in [2.05, 4.69) is 0 Å². The number of hydrogen-bond donors (Lipinski definition) is 0. The van der Waals surface area contributed by atoms with Gasteiger partial charge in [0.25, 0.3) is 5.56 Å². The Bertz CT molecular complexity index is 1310. The quantitative estimate of drug-likeness (QED) is 0.439. The van der Waals surface area contributed by atoms with E-state index in [1.165, 1.54) is 20.5 Å². The highest BCUT2D eigenvalue weighted by molar-refractivity contribution is 7.17. The average Bonchev–Trinajstić information content (AvgIpc) is 3.22. The molecule has 0 saturated heterocycles. The summed E-state index contributed by atoms with van der Waals surface area (Å²) in [6.07, 6.45) is 0.547. The van der Waals surface area contributed by atoms with Gasteiger partial charge in [-0.2, -0.15) is 0 Å². The number of carbonyl (C=O) groups is 1. The first-order valence-electron chi connectivity index (χ1n) is 9.09. The van der Waals surface area contributed by atoms with Crippen LogP contribution in [0.4, 0.5) is 0 Å². The molecule has 2 aromatic carbocycles. The zero-order valence-electron chi connectivity index (χ0n) is 15.4. The summed E-state index contributed by atoms with van der Waals surface area (Å²) in [7, 11) is 0. The van der Waals surface area contributed by atoms with Crippen molar-refractivity contribution in [3.63, 3.8) is 0 Å². The van der Waals surface area contributed by atoms with Gasteiger partial charge >= 0.3 is 5.69 Å². The number of fused-ring (bicyclic) bond motifs is 1. The summed E-state index contributed by atoms with van der Waals surface area (Å²) < 4.78 is 3.04. The predicted molar refractivity (Wildman–Crippen MR) is 116 cm³/mol. The van der Waals surface area contributed by atoms with Crippen molar-refractivity contribution >= 4 is 38.9 Å². The van der Waals surface area contributed by atoms with Gasteiger partial charge in [0.2, 0.25) is 0 Å². The van der Waals surface area contributed by atoms with Gasteiger partial charge in [0.15, 0.2) is 5.78 Å². The number of ketones is 1. The molecule has 0 atom stereocenters. The van der Waals surface area contributed by atoms with E-state index in [9.17, 15) is 14.4 Å². The third-order valence-electron chi connectivity index (χ3n) is 4.78. The molecule has 5 nitrogen and oxygen atoms in total. The van der Waals surface area contributed by atoms with Crippen LogP contribution in [0.1, 0.15) is 15.9 Å². The van der Waals surface area contributed by atoms with Crippen LogP contribution in [-0.4, -0.2) is 14.9 Å². The molecule has 0 aliphatic heterocycles. The van der Waals surface area contributed by atoms with Gasteiger partial charge in [0.05, 0.1) is 17.1 Å². The number of halogens is 1. The molecule has 0 aliphatic carbocycles. The maximum absolute atomic E-state index is 13.1. The number of rotatable bonds is 6. The van der Waals surface area contributed by atoms with Crippen LogP contribution >= 0.6 is 22.9 Å². The number of aryl methyl sites for hydroxylation is 1. The van der Waals surface area contributed by atoms with E-state index in [1.54, 1.807) is 35.7 Å². The van der Waals surface area contributed by atoms with Gasteiger partial charge in [0.1, 0.15) is 4.70 Å². The minimum absolute atomic E-state index is 0.179. The van der Waals surface area contributed by atoms with Crippen LogP contribution in [0.25, 0.3) is 10.2 Å². The molecule has 0 aliphatic rings. The fourth-order valence-electron chi connectivity index (χ4n) is 3.28. The first-order valence-corrected chi connectivity index (χ1v) is 10.3. The molecule has 0 radical (unpaired) electrons. The van der Waals surface area contributed by atoms with Crippen molar-refractivity contribution < 1.29 is 4.79 Å². The molecule has 0 saturated carbocycles. The Balaban J connectivity index is 1.75. The fraction of sp³-hybridized carbons (Fsp3) is 0.136. The summed E-state index contributed by atoms with van der Waals surface area (Å²) in [5, 5.41) is 2.09. The van der Waals surface area contributed by atoms with Crippen molar-refractivity contribution in [1.29, 1.82) is 0 Å². The smallest absolute Gasteiger partial charge is 0.292 e. The molecule has 0 N–H and O–H groups in total. The summed E-state index contributed by atoms with van der Waals surface area (Å²) >= 11 is 7.40. The van der Waals surface area contributed by atoms with E-state index in [0.717, 1.165) is 5.56 Å². The fourth-order valence-corrected chi connectivity index (χ4v) is 4.37. The molecule has 4 aromatic rings. The summed E-state index contributed by atoms with van der Waals surface area (Å²) in [6, 6.07) is 18.1. The van der Waals surface area contributed by atoms with Crippen molar-refractivity contribution in [2.75, 3.05) is 0 Å². The number of nitrogens with zero attached hydrogens (tertiary/aromatic N) is 2. The molecule has 0 amide bonds. The van der Waals surface area contributed by atoms with Gasteiger partial charge in [-0.3, -0.25) is 18.7 Å². The van der Waals surface area contributed by atoms with Gasteiger partial charge in [-0.15, -0.1) is 11.3 Å². The van der Waals surface area contributed by atoms with Gasteiger partial charge in [0, 0.05) is 12.1 Å². The lowest BCUT2D eigenvalue weighted by Crippen LogP contribution is -2.41. The van der Waals surface area contributed by atoms with Crippen LogP contribution in [0.15, 0.2) is 75.6 Å². The second-order valence-corrected chi connectivity index (χ2v) is 7.92. The Kier molecular flexibility index (Phi) is 5.47. The summed E-state index contributed by atoms with van der Waals surface area (Å²) in [6.45, 7) is 0.0667. The second kappa shape index (κ2) is 8.19. The van der Waals surface area contributed by atoms with E-state index < -0.39 is 5.69 Å². The second-order valence-electron chi connectivity index (χ2n) is 6.60. The van der Waals surface area contributed by atoms with E-state index in [4.69, 9.17) is 11.6 Å². The highest BCUT2D eigenvalue weighted by Gasteiger charge is 2.18. The minimum Gasteiger partial charge on any atom is -0.292 e. The molecular formula is C22H17ClN2O3S. The van der Waals surface area contributed by atoms with Crippen molar-refractivity contribution in [3.8, 4) is 0 Å². The number of Topliss-reactive ketones (excluding diaryl/α,β-unsaturated/α-hetero) is 1. The molecule has 2 heterocycles. The van der Waals surface area contributed by atoms with Crippen molar-refractivity contribution in [1.82, 2.24) is 9.13 Å². The highest BCUT2D eigenvalue weighted by Crippen LogP contribution is 2.19. The van der Waals surface area contributed by atoms with E-state index >= 15 is 0 Å². The number of thiophene rings is 1. The van der Waals surface area contributed by atoms with Crippen molar-refractivity contribution in [2.45, 2.75) is 19.5 Å². The molecule has 4 rings (SSSR count). The Labute approximate surface area is 175 Å². The lowest BCUT2D eigenvalue weighted by atomic mass is 10.1. The topological polar surface area (TPSA) is 61.1 Å². The summed E-state index contributed by atoms with van der Waals surface area (Å²) in [4.78, 5) is 38.8. The first-order chi connectivity index (χ1) is 14.1. The number of hydrogen-bond acceptors (Lipinski definition) is 4. The molecule has 0 fully saturated rings. The molecule has 0 unspecified atom stereocenters. The van der Waals surface area contributed by atoms with E-state index in [1.807, 2.05) is 30.3 Å². The van der Waals surface area contributed by atoms with Crippen LogP contribution < -0.4 is 11.2 Å². The minimum atomic E-state index is -0.489. The van der Waals surface area contributed by atoms with Crippen LogP contribution in [0.5, 0.6) is 0 Å². The zero-order chi connectivity index (χ0) is 20.4. The monoisotopic (exact) mass is 424 g/mol. The standard InChI is InChI=1S/C22H17ClN2O3S/c23-17-9-5-4-8-16(17)19(26)14-25-18-11-13-29-20(18)21(27)24(22(25)28)12-10-15-6-2-1-3-7-15/h1-9,11,13H,10,12,14H2. The van der Waals surface area contributed by atoms with Crippen LogP contribution in [0.3, 0.4) is 0 Å². The number of benzene rings is 2. The largest absolute Gasteiger partial charge is 0.331 e. The maximum Gasteiger partial charge on any atom is 0.331 e. The molecule has 146 valence electrons. The molecule has 29 heavy (non-hydrogen) atoms. The normalized spacial score (nSPS) is 11.1. The Morgan fingerprint density at radius 3 is 2.41 bits per heavy atom. The lowest BCUT2D eigenvalue weighted by molar-refractivity contribution is 0.0971.